The molecule has 9 heteroatoms. The lowest BCUT2D eigenvalue weighted by Crippen LogP contribution is -2.29. The van der Waals surface area contributed by atoms with Crippen molar-refractivity contribution in [1.29, 1.82) is 0 Å². The molecule has 4 aromatic rings. The molecule has 0 atom stereocenters. The first-order chi connectivity index (χ1) is 16.1. The number of thiazole rings is 1. The molecule has 3 aromatic carbocycles. The number of hydrogen-bond donors (Lipinski definition) is 1. The summed E-state index contributed by atoms with van der Waals surface area (Å²) < 4.78 is 7.41. The van der Waals surface area contributed by atoms with E-state index >= 15 is 0 Å². The van der Waals surface area contributed by atoms with Gasteiger partial charge in [0, 0.05) is 16.8 Å². The van der Waals surface area contributed by atoms with E-state index in [1.54, 1.807) is 18.3 Å². The number of para-hydroxylation sites is 1. The topological polar surface area (TPSA) is 63.6 Å². The summed E-state index contributed by atoms with van der Waals surface area (Å²) in [5.74, 6) is 1.03. The first-order valence-electron chi connectivity index (χ1n) is 10.0. The van der Waals surface area contributed by atoms with Gasteiger partial charge < -0.3 is 10.1 Å². The van der Waals surface area contributed by atoms with Crippen LogP contribution in [0.1, 0.15) is 5.56 Å². The second-order valence-electron chi connectivity index (χ2n) is 6.86. The minimum Gasteiger partial charge on any atom is -0.492 e. The summed E-state index contributed by atoms with van der Waals surface area (Å²) in [6.45, 7) is 0.874. The summed E-state index contributed by atoms with van der Waals surface area (Å²) in [6.07, 6.45) is 1.71. The SMILES string of the molecule is O=C(CSc1nc2ccc(N=Cc3ccc(Cl)cc3Cl)cc2s1)NCCOc1ccccc1. The predicted octanol–water partition coefficient (Wildman–Crippen LogP) is 6.64. The van der Waals surface area contributed by atoms with Crippen LogP contribution in [0.15, 0.2) is 76.1 Å². The van der Waals surface area contributed by atoms with Gasteiger partial charge in [0.05, 0.1) is 33.2 Å². The van der Waals surface area contributed by atoms with Crippen molar-refractivity contribution in [3.05, 3.63) is 82.3 Å². The molecule has 33 heavy (non-hydrogen) atoms. The standard InChI is InChI=1S/C24H19Cl2N3O2S2/c25-17-7-6-16(20(26)12-17)14-28-18-8-9-21-22(13-18)33-24(29-21)32-15-23(30)27-10-11-31-19-4-2-1-3-5-19/h1-9,12-14H,10-11,15H2,(H,27,30). The lowest BCUT2D eigenvalue weighted by molar-refractivity contribution is -0.118. The molecule has 1 amide bonds. The molecule has 0 fully saturated rings. The zero-order valence-corrected chi connectivity index (χ0v) is 20.5. The molecule has 0 saturated carbocycles. The Morgan fingerprint density at radius 2 is 1.97 bits per heavy atom. The van der Waals surface area contributed by atoms with Gasteiger partial charge in [-0.2, -0.15) is 0 Å². The summed E-state index contributed by atoms with van der Waals surface area (Å²) >= 11 is 15.1. The number of aromatic nitrogens is 1. The van der Waals surface area contributed by atoms with Crippen LogP contribution >= 0.6 is 46.3 Å². The molecule has 0 radical (unpaired) electrons. The first kappa shape index (κ1) is 23.6. The van der Waals surface area contributed by atoms with Gasteiger partial charge in [0.15, 0.2) is 4.34 Å². The van der Waals surface area contributed by atoms with Crippen molar-refractivity contribution in [2.24, 2.45) is 4.99 Å². The molecule has 0 spiro atoms. The zero-order chi connectivity index (χ0) is 23.0. The average Bonchev–Trinajstić information content (AvgIpc) is 3.23. The highest BCUT2D eigenvalue weighted by atomic mass is 35.5. The smallest absolute Gasteiger partial charge is 0.230 e. The van der Waals surface area contributed by atoms with E-state index in [-0.39, 0.29) is 5.91 Å². The molecule has 168 valence electrons. The van der Waals surface area contributed by atoms with Gasteiger partial charge in [0.1, 0.15) is 12.4 Å². The number of rotatable bonds is 9. The maximum absolute atomic E-state index is 12.1. The van der Waals surface area contributed by atoms with E-state index in [0.29, 0.717) is 28.9 Å². The fraction of sp³-hybridized carbons (Fsp3) is 0.125. The van der Waals surface area contributed by atoms with Gasteiger partial charge in [0.25, 0.3) is 0 Å². The number of nitrogens with zero attached hydrogens (tertiary/aromatic N) is 2. The molecule has 0 bridgehead atoms. The molecule has 1 aromatic heterocycles. The quantitative estimate of drug-likeness (QED) is 0.154. The summed E-state index contributed by atoms with van der Waals surface area (Å²) in [6, 6.07) is 20.6. The van der Waals surface area contributed by atoms with Crippen LogP contribution in [0.4, 0.5) is 5.69 Å². The minimum atomic E-state index is -0.0546. The van der Waals surface area contributed by atoms with Crippen molar-refractivity contribution in [3.63, 3.8) is 0 Å². The third kappa shape index (κ3) is 6.95. The van der Waals surface area contributed by atoms with Crippen molar-refractivity contribution in [2.75, 3.05) is 18.9 Å². The summed E-state index contributed by atoms with van der Waals surface area (Å²) in [5.41, 5.74) is 2.47. The van der Waals surface area contributed by atoms with Crippen molar-refractivity contribution < 1.29 is 9.53 Å². The van der Waals surface area contributed by atoms with Crippen LogP contribution in [0.5, 0.6) is 5.75 Å². The number of fused-ring (bicyclic) bond motifs is 1. The number of nitrogens with one attached hydrogen (secondary N) is 1. The van der Waals surface area contributed by atoms with E-state index in [9.17, 15) is 4.79 Å². The number of halogens is 2. The Kier molecular flexibility index (Phi) is 8.23. The number of amides is 1. The van der Waals surface area contributed by atoms with Gasteiger partial charge in [-0.3, -0.25) is 9.79 Å². The van der Waals surface area contributed by atoms with Crippen LogP contribution < -0.4 is 10.1 Å². The maximum Gasteiger partial charge on any atom is 0.230 e. The molecule has 0 aliphatic rings. The molecule has 0 saturated heterocycles. The van der Waals surface area contributed by atoms with Gasteiger partial charge in [0.2, 0.25) is 5.91 Å². The number of thioether (sulfide) groups is 1. The second kappa shape index (κ2) is 11.5. The second-order valence-corrected chi connectivity index (χ2v) is 9.95. The molecule has 5 nitrogen and oxygen atoms in total. The minimum absolute atomic E-state index is 0.0546. The number of ether oxygens (including phenoxy) is 1. The fourth-order valence-corrected chi connectivity index (χ4v) is 5.23. The molecule has 0 aliphatic carbocycles. The third-order valence-electron chi connectivity index (χ3n) is 4.43. The van der Waals surface area contributed by atoms with Gasteiger partial charge in [-0.25, -0.2) is 4.98 Å². The Hall–Kier alpha value is -2.58. The predicted molar refractivity (Wildman–Crippen MR) is 139 cm³/mol. The molecule has 4 rings (SSSR count). The summed E-state index contributed by atoms with van der Waals surface area (Å²) in [5, 5.41) is 4.00. The highest BCUT2D eigenvalue weighted by Crippen LogP contribution is 2.32. The summed E-state index contributed by atoms with van der Waals surface area (Å²) in [7, 11) is 0. The summed E-state index contributed by atoms with van der Waals surface area (Å²) in [4.78, 5) is 21.2. The van der Waals surface area contributed by atoms with Crippen molar-refractivity contribution in [2.45, 2.75) is 4.34 Å². The largest absolute Gasteiger partial charge is 0.492 e. The van der Waals surface area contributed by atoms with E-state index in [0.717, 1.165) is 31.6 Å². The third-order valence-corrected chi connectivity index (χ3v) is 7.15. The molecule has 1 heterocycles. The fourth-order valence-electron chi connectivity index (χ4n) is 2.84. The van der Waals surface area contributed by atoms with E-state index in [2.05, 4.69) is 15.3 Å². The van der Waals surface area contributed by atoms with Gasteiger partial charge >= 0.3 is 0 Å². The number of carbonyl (C=O) groups excluding carboxylic acids is 1. The van der Waals surface area contributed by atoms with E-state index < -0.39 is 0 Å². The highest BCUT2D eigenvalue weighted by molar-refractivity contribution is 8.01. The normalized spacial score (nSPS) is 11.2. The van der Waals surface area contributed by atoms with Crippen molar-refractivity contribution in [1.82, 2.24) is 10.3 Å². The molecule has 0 aliphatic heterocycles. The first-order valence-corrected chi connectivity index (χ1v) is 12.6. The number of carbonyl (C=O) groups is 1. The Balaban J connectivity index is 1.28. The Morgan fingerprint density at radius 3 is 2.79 bits per heavy atom. The van der Waals surface area contributed by atoms with E-state index in [4.69, 9.17) is 27.9 Å². The molecule has 0 unspecified atom stereocenters. The van der Waals surface area contributed by atoms with Crippen LogP contribution in [0.2, 0.25) is 10.0 Å². The van der Waals surface area contributed by atoms with Crippen LogP contribution in [0.25, 0.3) is 10.2 Å². The molecular formula is C24H19Cl2N3O2S2. The van der Waals surface area contributed by atoms with Crippen LogP contribution in [-0.2, 0) is 4.79 Å². The van der Waals surface area contributed by atoms with E-state index in [1.165, 1.54) is 23.1 Å². The van der Waals surface area contributed by atoms with Crippen LogP contribution in [0.3, 0.4) is 0 Å². The van der Waals surface area contributed by atoms with Crippen molar-refractivity contribution in [3.8, 4) is 5.75 Å². The number of hydrogen-bond acceptors (Lipinski definition) is 6. The Morgan fingerprint density at radius 1 is 1.12 bits per heavy atom. The Bertz CT molecular complexity index is 1280. The number of aliphatic imine (C=N–C) groups is 1. The van der Waals surface area contributed by atoms with E-state index in [1.807, 2.05) is 54.6 Å². The monoisotopic (exact) mass is 515 g/mol. The van der Waals surface area contributed by atoms with Crippen molar-refractivity contribution >= 4 is 74.3 Å². The highest BCUT2D eigenvalue weighted by Gasteiger charge is 2.08. The van der Waals surface area contributed by atoms with Gasteiger partial charge in [-0.1, -0.05) is 59.2 Å². The average molecular weight is 516 g/mol. The van der Waals surface area contributed by atoms with Gasteiger partial charge in [-0.05, 0) is 42.5 Å². The van der Waals surface area contributed by atoms with Gasteiger partial charge in [-0.15, -0.1) is 11.3 Å². The Labute approximate surface area is 209 Å². The number of benzene rings is 3. The molecule has 1 N–H and O–H groups in total. The zero-order valence-electron chi connectivity index (χ0n) is 17.3. The lowest BCUT2D eigenvalue weighted by Gasteiger charge is -2.07. The van der Waals surface area contributed by atoms with Crippen LogP contribution in [0, 0.1) is 0 Å². The van der Waals surface area contributed by atoms with Crippen LogP contribution in [-0.4, -0.2) is 36.0 Å². The lowest BCUT2D eigenvalue weighted by atomic mass is 10.2. The maximum atomic E-state index is 12.1. The molecular weight excluding hydrogens is 497 g/mol.